The van der Waals surface area contributed by atoms with E-state index >= 15 is 0 Å². The lowest BCUT2D eigenvalue weighted by Crippen LogP contribution is -2.46. The van der Waals surface area contributed by atoms with E-state index in [1.165, 1.54) is 5.56 Å². The van der Waals surface area contributed by atoms with E-state index in [-0.39, 0.29) is 6.10 Å². The molecule has 6 nitrogen and oxygen atoms in total. The lowest BCUT2D eigenvalue weighted by Gasteiger charge is -2.38. The van der Waals surface area contributed by atoms with Gasteiger partial charge in [0.25, 0.3) is 0 Å². The maximum atomic E-state index is 10.8. The summed E-state index contributed by atoms with van der Waals surface area (Å²) in [6.45, 7) is 7.37. The normalized spacial score (nSPS) is 18.2. The van der Waals surface area contributed by atoms with Gasteiger partial charge in [-0.1, -0.05) is 13.0 Å². The van der Waals surface area contributed by atoms with Gasteiger partial charge in [-0.05, 0) is 43.9 Å². The topological polar surface area (TPSA) is 59.8 Å². The smallest absolute Gasteiger partial charge is 0.161 e. The molecular weight excluding hydrogens is 342 g/mol. The Hall–Kier alpha value is -2.05. The molecule has 1 saturated heterocycles. The third-order valence-corrected chi connectivity index (χ3v) is 5.36. The second-order valence-electron chi connectivity index (χ2n) is 7.56. The first-order chi connectivity index (χ1) is 13.0. The van der Waals surface area contributed by atoms with Crippen molar-refractivity contribution in [3.63, 3.8) is 0 Å². The first kappa shape index (κ1) is 19.7. The predicted molar refractivity (Wildman–Crippen MR) is 105 cm³/mol. The van der Waals surface area contributed by atoms with Crippen molar-refractivity contribution in [1.29, 1.82) is 0 Å². The Kier molecular flexibility index (Phi) is 6.39. The van der Waals surface area contributed by atoms with E-state index < -0.39 is 5.60 Å². The van der Waals surface area contributed by atoms with E-state index in [4.69, 9.17) is 9.47 Å². The fourth-order valence-electron chi connectivity index (χ4n) is 3.47. The quantitative estimate of drug-likeness (QED) is 0.770. The molecule has 3 rings (SSSR count). The lowest BCUT2D eigenvalue weighted by atomic mass is 9.91. The summed E-state index contributed by atoms with van der Waals surface area (Å²) in [6, 6.07) is 6.16. The summed E-state index contributed by atoms with van der Waals surface area (Å²) in [6.07, 6.45) is 8.07. The van der Waals surface area contributed by atoms with E-state index in [9.17, 15) is 5.11 Å². The Morgan fingerprint density at radius 2 is 2.04 bits per heavy atom. The Bertz CT molecular complexity index is 709. The molecular formula is C21H31N3O3. The number of methoxy groups -OCH3 is 1. The Morgan fingerprint density at radius 3 is 2.67 bits per heavy atom. The maximum absolute atomic E-state index is 10.8. The molecule has 1 atom stereocenters. The fraction of sp³-hybridized carbons (Fsp3) is 0.571. The van der Waals surface area contributed by atoms with Gasteiger partial charge in [0, 0.05) is 32.0 Å². The largest absolute Gasteiger partial charge is 0.493 e. The van der Waals surface area contributed by atoms with Gasteiger partial charge in [0.1, 0.15) is 0 Å². The Labute approximate surface area is 161 Å². The van der Waals surface area contributed by atoms with Crippen LogP contribution in [0.2, 0.25) is 0 Å². The molecule has 0 aliphatic carbocycles. The molecule has 2 heterocycles. The van der Waals surface area contributed by atoms with Crippen LogP contribution in [0, 0.1) is 0 Å². The number of rotatable bonds is 8. The van der Waals surface area contributed by atoms with Crippen LogP contribution in [-0.2, 0) is 13.1 Å². The minimum absolute atomic E-state index is 0.167. The minimum Gasteiger partial charge on any atom is -0.493 e. The third-order valence-electron chi connectivity index (χ3n) is 5.36. The first-order valence-electron chi connectivity index (χ1n) is 9.75. The van der Waals surface area contributed by atoms with Crippen molar-refractivity contribution in [1.82, 2.24) is 14.5 Å². The van der Waals surface area contributed by atoms with Crippen molar-refractivity contribution in [3.05, 3.63) is 42.5 Å². The minimum atomic E-state index is -0.650. The highest BCUT2D eigenvalue weighted by Gasteiger charge is 2.32. The van der Waals surface area contributed by atoms with E-state index in [0.717, 1.165) is 50.4 Å². The number of nitrogens with zero attached hydrogens (tertiary/aromatic N) is 3. The van der Waals surface area contributed by atoms with Gasteiger partial charge in [-0.15, -0.1) is 0 Å². The van der Waals surface area contributed by atoms with Crippen LogP contribution in [0.4, 0.5) is 0 Å². The van der Waals surface area contributed by atoms with Gasteiger partial charge in [-0.25, -0.2) is 4.98 Å². The average Bonchev–Trinajstić information content (AvgIpc) is 3.17. The van der Waals surface area contributed by atoms with Crippen LogP contribution in [0.1, 0.15) is 38.7 Å². The van der Waals surface area contributed by atoms with Gasteiger partial charge >= 0.3 is 0 Å². The van der Waals surface area contributed by atoms with E-state index in [1.807, 2.05) is 16.8 Å². The molecule has 1 aliphatic heterocycles. The zero-order valence-corrected chi connectivity index (χ0v) is 16.6. The molecule has 0 saturated carbocycles. The zero-order chi connectivity index (χ0) is 19.3. The second-order valence-corrected chi connectivity index (χ2v) is 7.56. The summed E-state index contributed by atoms with van der Waals surface area (Å²) in [5.41, 5.74) is 0.548. The lowest BCUT2D eigenvalue weighted by molar-refractivity contribution is -0.0357. The monoisotopic (exact) mass is 373 g/mol. The van der Waals surface area contributed by atoms with Crippen molar-refractivity contribution in [3.8, 4) is 11.5 Å². The van der Waals surface area contributed by atoms with Crippen LogP contribution in [0.25, 0.3) is 0 Å². The molecule has 1 fully saturated rings. The van der Waals surface area contributed by atoms with Crippen molar-refractivity contribution >= 4 is 0 Å². The summed E-state index contributed by atoms with van der Waals surface area (Å²) in [5, 5.41) is 10.8. The van der Waals surface area contributed by atoms with E-state index in [2.05, 4.69) is 35.9 Å². The molecule has 6 heteroatoms. The van der Waals surface area contributed by atoms with Crippen molar-refractivity contribution < 1.29 is 14.6 Å². The average molecular weight is 373 g/mol. The molecule has 0 bridgehead atoms. The summed E-state index contributed by atoms with van der Waals surface area (Å²) >= 11 is 0. The van der Waals surface area contributed by atoms with Crippen LogP contribution in [0.5, 0.6) is 11.5 Å². The Balaban J connectivity index is 1.57. The standard InChI is InChI=1S/C21H31N3O3/c1-4-17(2)27-19-6-5-18(13-20(19)26-3)14-23-10-7-21(25,8-11-23)15-24-12-9-22-16-24/h5-6,9,12-13,16-17,25H,4,7-8,10-11,14-15H2,1-3H3/t17-/m0/s1. The molecule has 1 N–H and O–H groups in total. The molecule has 148 valence electrons. The molecule has 2 aromatic rings. The van der Waals surface area contributed by atoms with Gasteiger partial charge in [-0.3, -0.25) is 4.90 Å². The number of imidazole rings is 1. The van der Waals surface area contributed by atoms with Crippen molar-refractivity contribution in [2.45, 2.75) is 57.9 Å². The molecule has 27 heavy (non-hydrogen) atoms. The highest BCUT2D eigenvalue weighted by Crippen LogP contribution is 2.31. The number of benzene rings is 1. The fourth-order valence-corrected chi connectivity index (χ4v) is 3.47. The highest BCUT2D eigenvalue weighted by molar-refractivity contribution is 5.43. The number of aliphatic hydroxyl groups is 1. The number of ether oxygens (including phenoxy) is 2. The molecule has 0 spiro atoms. The zero-order valence-electron chi connectivity index (χ0n) is 16.6. The highest BCUT2D eigenvalue weighted by atomic mass is 16.5. The predicted octanol–water partition coefficient (Wildman–Crippen LogP) is 3.10. The van der Waals surface area contributed by atoms with Crippen LogP contribution in [0.15, 0.2) is 36.9 Å². The molecule has 1 aromatic carbocycles. The number of hydrogen-bond donors (Lipinski definition) is 1. The van der Waals surface area contributed by atoms with E-state index in [1.54, 1.807) is 19.6 Å². The van der Waals surface area contributed by atoms with Crippen LogP contribution in [0.3, 0.4) is 0 Å². The number of piperidine rings is 1. The Morgan fingerprint density at radius 1 is 1.26 bits per heavy atom. The molecule has 0 radical (unpaired) electrons. The first-order valence-corrected chi connectivity index (χ1v) is 9.75. The van der Waals surface area contributed by atoms with Gasteiger partial charge in [-0.2, -0.15) is 0 Å². The number of aromatic nitrogens is 2. The van der Waals surface area contributed by atoms with Crippen LogP contribution < -0.4 is 9.47 Å². The number of hydrogen-bond acceptors (Lipinski definition) is 5. The van der Waals surface area contributed by atoms with Crippen molar-refractivity contribution in [2.24, 2.45) is 0 Å². The van der Waals surface area contributed by atoms with Gasteiger partial charge in [0.15, 0.2) is 11.5 Å². The maximum Gasteiger partial charge on any atom is 0.161 e. The van der Waals surface area contributed by atoms with Gasteiger partial charge < -0.3 is 19.1 Å². The summed E-state index contributed by atoms with van der Waals surface area (Å²) in [7, 11) is 1.68. The molecule has 1 aliphatic rings. The van der Waals surface area contributed by atoms with Crippen molar-refractivity contribution in [2.75, 3.05) is 20.2 Å². The molecule has 0 unspecified atom stereocenters. The van der Waals surface area contributed by atoms with Crippen LogP contribution >= 0.6 is 0 Å². The molecule has 0 amide bonds. The summed E-state index contributed by atoms with van der Waals surface area (Å²) < 4.78 is 13.4. The second kappa shape index (κ2) is 8.76. The summed E-state index contributed by atoms with van der Waals surface area (Å²) in [5.74, 6) is 1.57. The molecule has 1 aromatic heterocycles. The third kappa shape index (κ3) is 5.23. The van der Waals surface area contributed by atoms with Gasteiger partial charge in [0.2, 0.25) is 0 Å². The van der Waals surface area contributed by atoms with E-state index in [0.29, 0.717) is 6.54 Å². The number of likely N-dealkylation sites (tertiary alicyclic amines) is 1. The summed E-state index contributed by atoms with van der Waals surface area (Å²) in [4.78, 5) is 6.44. The van der Waals surface area contributed by atoms with Crippen LogP contribution in [-0.4, -0.2) is 51.5 Å². The van der Waals surface area contributed by atoms with Gasteiger partial charge in [0.05, 0.1) is 31.7 Å². The SMILES string of the molecule is CC[C@H](C)Oc1ccc(CN2CCC(O)(Cn3ccnc3)CC2)cc1OC.